The predicted octanol–water partition coefficient (Wildman–Crippen LogP) is 3.67. The van der Waals surface area contributed by atoms with E-state index in [0.29, 0.717) is 5.82 Å². The van der Waals surface area contributed by atoms with Gasteiger partial charge in [-0.3, -0.25) is 4.79 Å². The maximum absolute atomic E-state index is 12.0. The zero-order valence-electron chi connectivity index (χ0n) is 15.1. The Balaban J connectivity index is 1.28. The van der Waals surface area contributed by atoms with Crippen LogP contribution in [0.1, 0.15) is 37.7 Å². The molecule has 0 spiro atoms. The first kappa shape index (κ1) is 17.0. The van der Waals surface area contributed by atoms with Crippen molar-refractivity contribution in [2.75, 3.05) is 23.3 Å². The molecule has 26 heavy (non-hydrogen) atoms. The summed E-state index contributed by atoms with van der Waals surface area (Å²) in [6, 6.07) is 14.6. The normalized spacial score (nSPS) is 18.4. The van der Waals surface area contributed by atoms with E-state index in [1.807, 2.05) is 12.1 Å². The second-order valence-corrected chi connectivity index (χ2v) is 7.51. The smallest absolute Gasteiger partial charge is 0.228 e. The molecule has 1 aliphatic heterocycles. The molecule has 1 aromatic carbocycles. The quantitative estimate of drug-likeness (QED) is 0.894. The summed E-state index contributed by atoms with van der Waals surface area (Å²) in [6.07, 6.45) is 6.66. The molecule has 0 unspecified atom stereocenters. The van der Waals surface area contributed by atoms with Gasteiger partial charge < -0.3 is 10.2 Å². The van der Waals surface area contributed by atoms with Crippen LogP contribution in [0, 0.1) is 11.8 Å². The van der Waals surface area contributed by atoms with E-state index in [0.717, 1.165) is 50.5 Å². The van der Waals surface area contributed by atoms with Crippen molar-refractivity contribution in [2.45, 2.75) is 38.5 Å². The number of carbonyl (C=O) groups excluding carboxylic acids is 1. The number of rotatable bonds is 5. The topological polar surface area (TPSA) is 58.1 Å². The van der Waals surface area contributed by atoms with Gasteiger partial charge in [0.15, 0.2) is 11.6 Å². The van der Waals surface area contributed by atoms with Gasteiger partial charge in [0.1, 0.15) is 0 Å². The minimum Gasteiger partial charge on any atom is -0.355 e. The lowest BCUT2D eigenvalue weighted by Crippen LogP contribution is -2.35. The molecule has 1 aromatic heterocycles. The van der Waals surface area contributed by atoms with Gasteiger partial charge in [0.25, 0.3) is 0 Å². The Labute approximate surface area is 154 Å². The Bertz CT molecular complexity index is 719. The van der Waals surface area contributed by atoms with E-state index in [9.17, 15) is 4.79 Å². The second kappa shape index (κ2) is 7.85. The van der Waals surface area contributed by atoms with Crippen LogP contribution in [0.3, 0.4) is 0 Å². The van der Waals surface area contributed by atoms with Crippen LogP contribution in [0.2, 0.25) is 0 Å². The molecule has 2 heterocycles. The van der Waals surface area contributed by atoms with E-state index < -0.39 is 0 Å². The number of hydrogen-bond acceptors (Lipinski definition) is 4. The van der Waals surface area contributed by atoms with Gasteiger partial charge in [-0.25, -0.2) is 0 Å². The number of carbonyl (C=O) groups is 1. The van der Waals surface area contributed by atoms with E-state index in [1.165, 1.54) is 18.4 Å². The van der Waals surface area contributed by atoms with Crippen molar-refractivity contribution in [3.63, 3.8) is 0 Å². The number of benzene rings is 1. The lowest BCUT2D eigenvalue weighted by atomic mass is 9.85. The molecule has 1 saturated carbocycles. The summed E-state index contributed by atoms with van der Waals surface area (Å²) < 4.78 is 0. The molecule has 0 atom stereocenters. The molecule has 2 fully saturated rings. The van der Waals surface area contributed by atoms with Crippen molar-refractivity contribution in [3.05, 3.63) is 48.0 Å². The summed E-state index contributed by atoms with van der Waals surface area (Å²) >= 11 is 0. The van der Waals surface area contributed by atoms with Gasteiger partial charge in [-0.2, -0.15) is 0 Å². The Morgan fingerprint density at radius 1 is 1.00 bits per heavy atom. The van der Waals surface area contributed by atoms with E-state index in [1.54, 1.807) is 0 Å². The number of hydrogen-bond donors (Lipinski definition) is 1. The van der Waals surface area contributed by atoms with Crippen LogP contribution in [0.25, 0.3) is 0 Å². The van der Waals surface area contributed by atoms with Crippen molar-refractivity contribution in [1.82, 2.24) is 10.2 Å². The van der Waals surface area contributed by atoms with Crippen LogP contribution in [0.15, 0.2) is 42.5 Å². The summed E-state index contributed by atoms with van der Waals surface area (Å²) in [5.74, 6) is 2.46. The second-order valence-electron chi connectivity index (χ2n) is 7.51. The third-order valence-corrected chi connectivity index (χ3v) is 5.68. The molecule has 1 amide bonds. The van der Waals surface area contributed by atoms with Gasteiger partial charge in [0.05, 0.1) is 0 Å². The number of amides is 1. The zero-order valence-corrected chi connectivity index (χ0v) is 15.1. The lowest BCUT2D eigenvalue weighted by Gasteiger charge is -2.32. The Hall–Kier alpha value is -2.43. The van der Waals surface area contributed by atoms with Crippen molar-refractivity contribution < 1.29 is 4.79 Å². The van der Waals surface area contributed by atoms with E-state index in [-0.39, 0.29) is 11.8 Å². The molecule has 0 bridgehead atoms. The molecular weight excluding hydrogens is 324 g/mol. The van der Waals surface area contributed by atoms with Crippen LogP contribution < -0.4 is 10.2 Å². The number of aromatic nitrogens is 2. The maximum Gasteiger partial charge on any atom is 0.228 e. The Morgan fingerprint density at radius 3 is 2.38 bits per heavy atom. The maximum atomic E-state index is 12.0. The zero-order chi connectivity index (χ0) is 17.8. The molecule has 5 nitrogen and oxygen atoms in total. The predicted molar refractivity (Wildman–Crippen MR) is 103 cm³/mol. The standard InChI is InChI=1S/C21H26N4O/c26-21(18-7-4-8-18)22-19-9-10-20(24-23-19)25-13-11-17(12-14-25)15-16-5-2-1-3-6-16/h1-3,5-6,9-10,17-18H,4,7-8,11-15H2,(H,22,23,26). The van der Waals surface area contributed by atoms with E-state index >= 15 is 0 Å². The fourth-order valence-electron chi connectivity index (χ4n) is 3.77. The summed E-state index contributed by atoms with van der Waals surface area (Å²) in [6.45, 7) is 2.03. The number of nitrogens with zero attached hydrogens (tertiary/aromatic N) is 3. The first-order valence-corrected chi connectivity index (χ1v) is 9.71. The highest BCUT2D eigenvalue weighted by molar-refractivity contribution is 5.92. The van der Waals surface area contributed by atoms with Gasteiger partial charge in [-0.1, -0.05) is 36.8 Å². The molecule has 4 rings (SSSR count). The summed E-state index contributed by atoms with van der Waals surface area (Å²) in [5.41, 5.74) is 1.43. The van der Waals surface area contributed by atoms with Gasteiger partial charge in [0, 0.05) is 19.0 Å². The molecule has 2 aromatic rings. The van der Waals surface area contributed by atoms with Crippen LogP contribution in [0.5, 0.6) is 0 Å². The highest BCUT2D eigenvalue weighted by Gasteiger charge is 2.25. The van der Waals surface area contributed by atoms with Crippen LogP contribution in [-0.4, -0.2) is 29.2 Å². The molecule has 1 N–H and O–H groups in total. The lowest BCUT2D eigenvalue weighted by molar-refractivity contribution is -0.122. The van der Waals surface area contributed by atoms with E-state index in [4.69, 9.17) is 0 Å². The third-order valence-electron chi connectivity index (χ3n) is 5.68. The largest absolute Gasteiger partial charge is 0.355 e. The van der Waals surface area contributed by atoms with Gasteiger partial charge in [-0.15, -0.1) is 10.2 Å². The first-order valence-electron chi connectivity index (χ1n) is 9.71. The minimum absolute atomic E-state index is 0.0834. The molecule has 5 heteroatoms. The van der Waals surface area contributed by atoms with Crippen LogP contribution in [0.4, 0.5) is 11.6 Å². The summed E-state index contributed by atoms with van der Waals surface area (Å²) in [5, 5.41) is 11.4. The minimum atomic E-state index is 0.0834. The molecule has 1 aliphatic carbocycles. The van der Waals surface area contributed by atoms with Crippen molar-refractivity contribution >= 4 is 17.5 Å². The monoisotopic (exact) mass is 350 g/mol. The Morgan fingerprint density at radius 2 is 1.77 bits per heavy atom. The average Bonchev–Trinajstić information content (AvgIpc) is 2.62. The molecular formula is C21H26N4O. The molecule has 0 radical (unpaired) electrons. The number of anilines is 2. The Kier molecular flexibility index (Phi) is 5.14. The fourth-order valence-corrected chi connectivity index (χ4v) is 3.77. The van der Waals surface area contributed by atoms with Gasteiger partial charge in [0.2, 0.25) is 5.91 Å². The fraction of sp³-hybridized carbons (Fsp3) is 0.476. The number of nitrogens with one attached hydrogen (secondary N) is 1. The van der Waals surface area contributed by atoms with Crippen molar-refractivity contribution in [3.8, 4) is 0 Å². The van der Waals surface area contributed by atoms with Gasteiger partial charge in [-0.05, 0) is 55.7 Å². The van der Waals surface area contributed by atoms with Crippen LogP contribution >= 0.6 is 0 Å². The van der Waals surface area contributed by atoms with Crippen molar-refractivity contribution in [2.24, 2.45) is 11.8 Å². The third kappa shape index (κ3) is 4.03. The molecule has 1 saturated heterocycles. The van der Waals surface area contributed by atoms with Crippen LogP contribution in [-0.2, 0) is 11.2 Å². The van der Waals surface area contributed by atoms with Crippen molar-refractivity contribution in [1.29, 1.82) is 0 Å². The molecule has 136 valence electrons. The average molecular weight is 350 g/mol. The highest BCUT2D eigenvalue weighted by atomic mass is 16.2. The summed E-state index contributed by atoms with van der Waals surface area (Å²) in [4.78, 5) is 14.3. The summed E-state index contributed by atoms with van der Waals surface area (Å²) in [7, 11) is 0. The highest BCUT2D eigenvalue weighted by Crippen LogP contribution is 2.28. The SMILES string of the molecule is O=C(Nc1ccc(N2CCC(Cc3ccccc3)CC2)nn1)C1CCC1. The first-order chi connectivity index (χ1) is 12.8. The van der Waals surface area contributed by atoms with Gasteiger partial charge >= 0.3 is 0 Å². The number of piperidine rings is 1. The van der Waals surface area contributed by atoms with E-state index in [2.05, 4.69) is 50.7 Å². The molecule has 2 aliphatic rings.